The molecule has 0 aliphatic carbocycles. The number of benzene rings is 2. The summed E-state index contributed by atoms with van der Waals surface area (Å²) in [6, 6.07) is 14.1. The molecule has 0 radical (unpaired) electrons. The minimum Gasteiger partial charge on any atom is -0.487 e. The maximum atomic E-state index is 13.0. The van der Waals surface area contributed by atoms with Crippen molar-refractivity contribution < 1.29 is 13.2 Å². The van der Waals surface area contributed by atoms with Crippen molar-refractivity contribution in [3.63, 3.8) is 0 Å². The summed E-state index contributed by atoms with van der Waals surface area (Å²) in [6.07, 6.45) is 0.931. The summed E-state index contributed by atoms with van der Waals surface area (Å²) in [5.74, 6) is 0.465. The number of aryl methyl sites for hydroxylation is 1. The molecule has 0 saturated carbocycles. The van der Waals surface area contributed by atoms with Crippen LogP contribution in [0.2, 0.25) is 10.0 Å². The lowest BCUT2D eigenvalue weighted by Gasteiger charge is -2.16. The Kier molecular flexibility index (Phi) is 6.51. The number of sulfonamides is 1. The van der Waals surface area contributed by atoms with Crippen LogP contribution in [0.4, 0.5) is 5.69 Å². The highest BCUT2D eigenvalue weighted by Crippen LogP contribution is 2.39. The summed E-state index contributed by atoms with van der Waals surface area (Å²) in [4.78, 5) is 2.90. The number of thiophene rings is 1. The van der Waals surface area contributed by atoms with Gasteiger partial charge in [0.15, 0.2) is 0 Å². The largest absolute Gasteiger partial charge is 0.487 e. The zero-order chi connectivity index (χ0) is 22.2. The van der Waals surface area contributed by atoms with Gasteiger partial charge in [-0.2, -0.15) is 0 Å². The van der Waals surface area contributed by atoms with E-state index in [4.69, 9.17) is 27.9 Å². The Labute approximate surface area is 196 Å². The Morgan fingerprint density at radius 3 is 2.65 bits per heavy atom. The van der Waals surface area contributed by atoms with Crippen molar-refractivity contribution in [3.8, 4) is 16.2 Å². The second-order valence-electron chi connectivity index (χ2n) is 7.65. The van der Waals surface area contributed by atoms with Crippen LogP contribution >= 0.6 is 34.5 Å². The molecule has 1 aliphatic heterocycles. The molecule has 0 amide bonds. The van der Waals surface area contributed by atoms with Gasteiger partial charge in [0.2, 0.25) is 0 Å². The molecular weight excluding hydrogens is 475 g/mol. The van der Waals surface area contributed by atoms with Gasteiger partial charge in [-0.3, -0.25) is 4.72 Å². The number of likely N-dealkylation sites (tertiary alicyclic amines) is 1. The van der Waals surface area contributed by atoms with E-state index in [1.165, 1.54) is 6.07 Å². The lowest BCUT2D eigenvalue weighted by Crippen LogP contribution is -2.21. The Bertz CT molecular complexity index is 1210. The predicted octanol–water partition coefficient (Wildman–Crippen LogP) is 5.91. The third kappa shape index (κ3) is 5.18. The van der Waals surface area contributed by atoms with E-state index < -0.39 is 10.0 Å². The first-order valence-corrected chi connectivity index (χ1v) is 12.8. The van der Waals surface area contributed by atoms with Crippen molar-refractivity contribution >= 4 is 50.2 Å². The Morgan fingerprint density at radius 2 is 1.94 bits per heavy atom. The van der Waals surface area contributed by atoms with Gasteiger partial charge in [0.1, 0.15) is 16.1 Å². The van der Waals surface area contributed by atoms with Crippen LogP contribution in [0.5, 0.6) is 5.75 Å². The summed E-state index contributed by atoms with van der Waals surface area (Å²) < 4.78 is 34.8. The van der Waals surface area contributed by atoms with Crippen LogP contribution in [-0.4, -0.2) is 39.6 Å². The van der Waals surface area contributed by atoms with Crippen molar-refractivity contribution in [3.05, 3.63) is 64.1 Å². The number of halogens is 2. The lowest BCUT2D eigenvalue weighted by atomic mass is 10.1. The van der Waals surface area contributed by atoms with Crippen LogP contribution in [-0.2, 0) is 10.0 Å². The average molecular weight is 497 g/mol. The van der Waals surface area contributed by atoms with Crippen LogP contribution in [0.3, 0.4) is 0 Å². The fourth-order valence-electron chi connectivity index (χ4n) is 3.50. The summed E-state index contributed by atoms with van der Waals surface area (Å²) >= 11 is 13.8. The number of nitrogens with zero attached hydrogens (tertiary/aromatic N) is 1. The highest BCUT2D eigenvalue weighted by atomic mass is 35.5. The van der Waals surface area contributed by atoms with E-state index in [-0.39, 0.29) is 10.3 Å². The number of likely N-dealkylation sites (N-methyl/N-ethyl adjacent to an activating group) is 1. The molecule has 1 aliphatic rings. The molecule has 1 fully saturated rings. The molecule has 5 nitrogen and oxygen atoms in total. The van der Waals surface area contributed by atoms with Gasteiger partial charge in [0.25, 0.3) is 10.0 Å². The number of nitrogens with one attached hydrogen (secondary N) is 1. The van der Waals surface area contributed by atoms with E-state index in [0.29, 0.717) is 21.5 Å². The molecule has 2 heterocycles. The fraction of sp³-hybridized carbons (Fsp3) is 0.273. The van der Waals surface area contributed by atoms with Crippen molar-refractivity contribution in [1.29, 1.82) is 0 Å². The molecule has 3 aromatic rings. The molecule has 9 heteroatoms. The van der Waals surface area contributed by atoms with E-state index in [9.17, 15) is 8.42 Å². The molecule has 1 aromatic heterocycles. The van der Waals surface area contributed by atoms with Gasteiger partial charge in [0.05, 0.1) is 20.6 Å². The standard InChI is InChI=1S/C22H22Cl2N2O3S2/c1-14-4-3-5-15(10-14)22-19(24)12-21(30-22)31(27,28)25-16-6-7-18(23)20(11-16)29-17-8-9-26(2)13-17/h3-7,10-12,17,25H,8-9,13H2,1-2H3/t17-/m1/s1. The van der Waals surface area contributed by atoms with Gasteiger partial charge in [-0.05, 0) is 44.2 Å². The molecule has 1 N–H and O–H groups in total. The van der Waals surface area contributed by atoms with E-state index in [1.807, 2.05) is 38.2 Å². The van der Waals surface area contributed by atoms with E-state index in [0.717, 1.165) is 46.9 Å². The van der Waals surface area contributed by atoms with Crippen LogP contribution < -0.4 is 9.46 Å². The monoisotopic (exact) mass is 496 g/mol. The predicted molar refractivity (Wildman–Crippen MR) is 128 cm³/mol. The number of rotatable bonds is 6. The molecule has 0 unspecified atom stereocenters. The van der Waals surface area contributed by atoms with Crippen LogP contribution in [0.1, 0.15) is 12.0 Å². The molecule has 4 rings (SSSR count). The van der Waals surface area contributed by atoms with E-state index in [1.54, 1.807) is 18.2 Å². The summed E-state index contributed by atoms with van der Waals surface area (Å²) in [7, 11) is -1.79. The third-order valence-electron chi connectivity index (χ3n) is 5.03. The van der Waals surface area contributed by atoms with Crippen molar-refractivity contribution in [2.24, 2.45) is 0 Å². The number of ether oxygens (including phenoxy) is 1. The van der Waals surface area contributed by atoms with Gasteiger partial charge in [-0.15, -0.1) is 11.3 Å². The average Bonchev–Trinajstić information content (AvgIpc) is 3.30. The van der Waals surface area contributed by atoms with Gasteiger partial charge >= 0.3 is 0 Å². The molecule has 164 valence electrons. The number of hydrogen-bond acceptors (Lipinski definition) is 5. The minimum absolute atomic E-state index is 0.0300. The fourth-order valence-corrected chi connectivity index (χ4v) is 6.53. The summed E-state index contributed by atoms with van der Waals surface area (Å²) in [5.41, 5.74) is 2.35. The highest BCUT2D eigenvalue weighted by molar-refractivity contribution is 7.94. The minimum atomic E-state index is -3.82. The Balaban J connectivity index is 1.57. The SMILES string of the molecule is Cc1cccc(-c2sc(S(=O)(=O)Nc3ccc(Cl)c(O[C@@H]4CCN(C)C4)c3)cc2Cl)c1. The molecule has 1 atom stereocenters. The smallest absolute Gasteiger partial charge is 0.271 e. The second-order valence-corrected chi connectivity index (χ2v) is 11.4. The summed E-state index contributed by atoms with van der Waals surface area (Å²) in [5, 5.41) is 0.847. The molecule has 31 heavy (non-hydrogen) atoms. The number of hydrogen-bond donors (Lipinski definition) is 1. The second kappa shape index (κ2) is 9.00. The Morgan fingerprint density at radius 1 is 1.13 bits per heavy atom. The first-order valence-electron chi connectivity index (χ1n) is 9.75. The molecule has 2 aromatic carbocycles. The quantitative estimate of drug-likeness (QED) is 0.460. The lowest BCUT2D eigenvalue weighted by molar-refractivity contribution is 0.208. The zero-order valence-corrected chi connectivity index (χ0v) is 20.2. The molecule has 0 spiro atoms. The molecular formula is C22H22Cl2N2O3S2. The normalized spacial score (nSPS) is 17.1. The van der Waals surface area contributed by atoms with Crippen molar-refractivity contribution in [2.45, 2.75) is 23.7 Å². The maximum Gasteiger partial charge on any atom is 0.271 e. The molecule has 1 saturated heterocycles. The van der Waals surface area contributed by atoms with Gasteiger partial charge in [-0.25, -0.2) is 8.42 Å². The number of anilines is 1. The van der Waals surface area contributed by atoms with Gasteiger partial charge in [-0.1, -0.05) is 53.0 Å². The third-order valence-corrected chi connectivity index (χ3v) is 8.80. The maximum absolute atomic E-state index is 13.0. The first kappa shape index (κ1) is 22.4. The van der Waals surface area contributed by atoms with Crippen LogP contribution in [0, 0.1) is 6.92 Å². The van der Waals surface area contributed by atoms with Crippen LogP contribution in [0.15, 0.2) is 52.7 Å². The summed E-state index contributed by atoms with van der Waals surface area (Å²) in [6.45, 7) is 3.74. The molecule has 0 bridgehead atoms. The van der Waals surface area contributed by atoms with Crippen LogP contribution in [0.25, 0.3) is 10.4 Å². The highest BCUT2D eigenvalue weighted by Gasteiger charge is 2.24. The first-order chi connectivity index (χ1) is 14.7. The van der Waals surface area contributed by atoms with E-state index >= 15 is 0 Å². The van der Waals surface area contributed by atoms with Crippen molar-refractivity contribution in [2.75, 3.05) is 24.9 Å². The Hall–Kier alpha value is -1.77. The van der Waals surface area contributed by atoms with E-state index in [2.05, 4.69) is 9.62 Å². The van der Waals surface area contributed by atoms with Gasteiger partial charge in [0, 0.05) is 19.2 Å². The van der Waals surface area contributed by atoms with Gasteiger partial charge < -0.3 is 9.64 Å². The topological polar surface area (TPSA) is 58.6 Å². The zero-order valence-electron chi connectivity index (χ0n) is 17.1. The van der Waals surface area contributed by atoms with Crippen molar-refractivity contribution in [1.82, 2.24) is 4.90 Å².